The molecule has 6 aromatic rings. The molecule has 1 saturated heterocycles. The van der Waals surface area contributed by atoms with E-state index in [1.807, 2.05) is 81.3 Å². The number of nitrogens with zero attached hydrogens (tertiary/aromatic N) is 4. The van der Waals surface area contributed by atoms with Crippen molar-refractivity contribution in [2.75, 3.05) is 118 Å². The number of benzene rings is 6. The standard InChI is InChI=1S/C77H86F2N6O17S/c1-49-71(74(90)84(47-66(80)51-13-7-6-8-14-51)77(95)83(49)46-63-64(78)17-10-18-65(63)79)52-15-9-12-50(40-52)19-23-57(86)16-11-28-96-30-32-98-34-36-100-38-39-101-37-35-99-33-31-97-29-27-58(87)41-53(75(91)92)48-103-69-45-70(88)85(73(69)89)56-22-24-59(62(42-56)76(93)94)72-60-25-20-54(81(2)3)43-67(60)102-68-44-55(82(4)5)21-26-61(68)72/h6-10,12-15,17-18,20-22,24-26,40,42-44,53,66,69H,11,16,19,23,27-39,41,45-48,80H2,1-5H3,(H-,91,92,93,94)/p+2/t53?,66-,69?/m0/s1. The number of Topliss-reactive ketones (excluding diaryl/α,β-unsaturated/α-hetero) is 2. The number of ketones is 2. The van der Waals surface area contributed by atoms with Crippen LogP contribution in [0.25, 0.3) is 44.5 Å². The molecule has 5 N–H and O–H groups in total. The normalized spacial score (nSPS) is 13.8. The highest BCUT2D eigenvalue weighted by Gasteiger charge is 2.41. The van der Waals surface area contributed by atoms with Gasteiger partial charge in [0.05, 0.1) is 134 Å². The molecule has 9 rings (SSSR count). The number of imide groups is 1. The molecule has 3 heterocycles. The molecule has 103 heavy (non-hydrogen) atoms. The van der Waals surface area contributed by atoms with Crippen LogP contribution in [-0.4, -0.2) is 173 Å². The van der Waals surface area contributed by atoms with Crippen molar-refractivity contribution in [3.05, 3.63) is 193 Å². The number of carbonyl (C=O) groups is 6. The summed E-state index contributed by atoms with van der Waals surface area (Å²) in [5.74, 6) is -6.38. The number of rotatable bonds is 41. The number of anilines is 1. The summed E-state index contributed by atoms with van der Waals surface area (Å²) < 4.78 is 73.8. The summed E-state index contributed by atoms with van der Waals surface area (Å²) in [6.45, 7) is 4.40. The fourth-order valence-corrected chi connectivity index (χ4v) is 13.3. The smallest absolute Gasteiger partial charge is 0.336 e. The minimum absolute atomic E-state index is 0.0337. The number of nitrogens with two attached hydrogens (primary N) is 1. The second kappa shape index (κ2) is 37.8. The maximum atomic E-state index is 14.9. The number of aryl methyl sites for hydroxylation is 1. The van der Waals surface area contributed by atoms with Gasteiger partial charge in [-0.25, -0.2) is 27.8 Å². The third-order valence-corrected chi connectivity index (χ3v) is 19.1. The van der Waals surface area contributed by atoms with Gasteiger partial charge in [0.2, 0.25) is 17.2 Å². The fourth-order valence-electron chi connectivity index (χ4n) is 12.0. The lowest BCUT2D eigenvalue weighted by molar-refractivity contribution is -0.786. The number of aromatic carboxylic acids is 1. The van der Waals surface area contributed by atoms with Gasteiger partial charge < -0.3 is 53.7 Å². The van der Waals surface area contributed by atoms with Gasteiger partial charge in [-0.15, -0.1) is 11.8 Å². The van der Waals surface area contributed by atoms with Crippen LogP contribution < -0.4 is 36.7 Å². The van der Waals surface area contributed by atoms with Crippen molar-refractivity contribution in [3.8, 4) is 33.6 Å². The van der Waals surface area contributed by atoms with Gasteiger partial charge in [0, 0.05) is 90.4 Å². The van der Waals surface area contributed by atoms with Gasteiger partial charge in [-0.2, -0.15) is 0 Å². The van der Waals surface area contributed by atoms with E-state index in [1.165, 1.54) is 22.8 Å². The molecule has 2 unspecified atom stereocenters. The number of carboxylic acids is 2. The number of fused-ring (bicyclic) bond motifs is 2. The monoisotopic (exact) mass is 1440 g/mol. The Labute approximate surface area is 598 Å². The lowest BCUT2D eigenvalue weighted by Crippen LogP contribution is -3.00. The minimum atomic E-state index is -1.28. The van der Waals surface area contributed by atoms with Gasteiger partial charge in [0.25, 0.3) is 5.56 Å². The van der Waals surface area contributed by atoms with Crippen molar-refractivity contribution in [1.29, 1.82) is 0 Å². The van der Waals surface area contributed by atoms with Crippen molar-refractivity contribution in [2.45, 2.75) is 76.3 Å². The molecule has 0 bridgehead atoms. The Morgan fingerprint density at radius 1 is 0.680 bits per heavy atom. The number of carbonyl (C=O) groups excluding carboxylic acids is 4. The molecule has 0 spiro atoms. The lowest BCUT2D eigenvalue weighted by Gasteiger charge is -2.20. The summed E-state index contributed by atoms with van der Waals surface area (Å²) in [6, 6.07) is 34.6. The molecule has 2 aliphatic heterocycles. The highest BCUT2D eigenvalue weighted by atomic mass is 32.2. The molecule has 3 atom stereocenters. The Morgan fingerprint density at radius 3 is 1.94 bits per heavy atom. The highest BCUT2D eigenvalue weighted by molar-refractivity contribution is 8.00. The fraction of sp³-hybridized carbons (Fsp3) is 0.390. The van der Waals surface area contributed by atoms with E-state index in [0.29, 0.717) is 123 Å². The van der Waals surface area contributed by atoms with Crippen LogP contribution in [0.4, 0.5) is 20.2 Å². The van der Waals surface area contributed by atoms with Crippen molar-refractivity contribution in [1.82, 2.24) is 13.7 Å². The number of nitrogens with one attached hydrogen (secondary N) is 1. The van der Waals surface area contributed by atoms with Gasteiger partial charge in [-0.1, -0.05) is 66.7 Å². The predicted molar refractivity (Wildman–Crippen MR) is 385 cm³/mol. The molecule has 3 aliphatic rings. The summed E-state index contributed by atoms with van der Waals surface area (Å²) in [7, 11) is 7.78. The van der Waals surface area contributed by atoms with E-state index in [2.05, 4.69) is 0 Å². The first-order valence-electron chi connectivity index (χ1n) is 34.2. The van der Waals surface area contributed by atoms with Crippen LogP contribution in [-0.2, 0) is 71.9 Å². The SMILES string of the molecule is Cc1c(-c2cccc(CCC(=O)CCCOCCOCCOCCOCCOCCOCCC(=O)CC(CSC3CC(=O)N(c4ccc(-c5c6ccc(=[N+](C)C)cc-6oc6cc([NH+](C)C)ccc56)c(C(=O)O)c4)C3=O)C(=O)O)c2)c(=O)n(C[C@H](N)c2ccccc2)c(=O)n1Cc1c(F)cccc1F. The number of hydrogen-bond donors (Lipinski definition) is 4. The predicted octanol–water partition coefficient (Wildman–Crippen LogP) is 7.53. The van der Waals surface area contributed by atoms with E-state index in [1.54, 1.807) is 55.5 Å². The number of thioether (sulfide) groups is 1. The van der Waals surface area contributed by atoms with E-state index in [4.69, 9.17) is 38.6 Å². The summed E-state index contributed by atoms with van der Waals surface area (Å²) in [5.41, 5.74) is 10.2. The molecule has 5 aromatic carbocycles. The van der Waals surface area contributed by atoms with Gasteiger partial charge in [-0.3, -0.25) is 37.9 Å². The second-order valence-electron chi connectivity index (χ2n) is 25.4. The lowest BCUT2D eigenvalue weighted by atomic mass is 9.90. The second-order valence-corrected chi connectivity index (χ2v) is 26.6. The Hall–Kier alpha value is -9.22. The Balaban J connectivity index is 0.598. The van der Waals surface area contributed by atoms with E-state index in [0.717, 1.165) is 54.9 Å². The number of ether oxygens (including phenoxy) is 6. The number of amides is 2. The number of aliphatic carboxylic acids is 1. The molecular weight excluding hydrogens is 1350 g/mol. The maximum absolute atomic E-state index is 14.9. The number of hydrogen-bond acceptors (Lipinski definition) is 17. The first-order chi connectivity index (χ1) is 49.6. The summed E-state index contributed by atoms with van der Waals surface area (Å²) in [6.07, 6.45) is 0.870. The van der Waals surface area contributed by atoms with Crippen molar-refractivity contribution in [2.24, 2.45) is 11.7 Å². The Bertz CT molecular complexity index is 4480. The number of aromatic nitrogens is 2. The molecule has 2 amide bonds. The molecule has 1 aliphatic carbocycles. The molecule has 0 radical (unpaired) electrons. The number of halogens is 2. The van der Waals surface area contributed by atoms with Gasteiger partial charge in [-0.05, 0) is 84.5 Å². The van der Waals surface area contributed by atoms with Gasteiger partial charge in [0.15, 0.2) is 0 Å². The minimum Gasteiger partial charge on any atom is -0.481 e. The van der Waals surface area contributed by atoms with Crippen LogP contribution in [0, 0.1) is 24.5 Å². The van der Waals surface area contributed by atoms with Crippen LogP contribution >= 0.6 is 11.8 Å². The summed E-state index contributed by atoms with van der Waals surface area (Å²) in [4.78, 5) is 109. The zero-order chi connectivity index (χ0) is 73.7. The van der Waals surface area contributed by atoms with Crippen LogP contribution in [0.2, 0.25) is 0 Å². The Morgan fingerprint density at radius 2 is 1.31 bits per heavy atom. The van der Waals surface area contributed by atoms with Crippen LogP contribution in [0.1, 0.15) is 77.3 Å². The summed E-state index contributed by atoms with van der Waals surface area (Å²) in [5, 5.41) is 21.3. The van der Waals surface area contributed by atoms with Gasteiger partial charge in [0.1, 0.15) is 54.3 Å². The first kappa shape index (κ1) is 77.9. The van der Waals surface area contributed by atoms with Crippen LogP contribution in [0.15, 0.2) is 141 Å². The molecular formula is C77H88F2N6O17S+2. The molecule has 1 fully saturated rings. The molecule has 26 heteroatoms. The molecule has 1 aromatic heterocycles. The average molecular weight is 1440 g/mol. The van der Waals surface area contributed by atoms with Crippen LogP contribution in [0.3, 0.4) is 0 Å². The van der Waals surface area contributed by atoms with E-state index < -0.39 is 70.4 Å². The zero-order valence-electron chi connectivity index (χ0n) is 58.5. The van der Waals surface area contributed by atoms with Gasteiger partial charge >= 0.3 is 17.6 Å². The van der Waals surface area contributed by atoms with Crippen molar-refractivity contribution >= 4 is 69.4 Å². The Kier molecular flexibility index (Phi) is 28.6. The molecule has 23 nitrogen and oxygen atoms in total. The third-order valence-electron chi connectivity index (χ3n) is 17.7. The topological polar surface area (TPSA) is 292 Å². The van der Waals surface area contributed by atoms with E-state index in [9.17, 15) is 57.4 Å². The maximum Gasteiger partial charge on any atom is 0.336 e. The molecule has 546 valence electrons. The quantitative estimate of drug-likeness (QED) is 0.0125. The van der Waals surface area contributed by atoms with Crippen molar-refractivity contribution in [3.63, 3.8) is 0 Å². The highest BCUT2D eigenvalue weighted by Crippen LogP contribution is 2.43. The van der Waals surface area contributed by atoms with E-state index >= 15 is 0 Å². The van der Waals surface area contributed by atoms with Crippen molar-refractivity contribution < 1.29 is 85.5 Å². The largest absolute Gasteiger partial charge is 0.481 e. The van der Waals surface area contributed by atoms with Crippen LogP contribution in [0.5, 0.6) is 0 Å². The summed E-state index contributed by atoms with van der Waals surface area (Å²) >= 11 is 0.971. The first-order valence-corrected chi connectivity index (χ1v) is 35.2. The average Bonchev–Trinajstić information content (AvgIpc) is 1.22. The van der Waals surface area contributed by atoms with E-state index in [-0.39, 0.29) is 97.4 Å². The molecule has 0 saturated carbocycles. The third kappa shape index (κ3) is 20.8. The zero-order valence-corrected chi connectivity index (χ0v) is 59.3. The number of quaternary nitrogens is 1. The number of carboxylic acid groups (broad SMARTS) is 2.